The molecule has 0 unspecified atom stereocenters. The number of ether oxygens (including phenoxy) is 1. The second-order valence-electron chi connectivity index (χ2n) is 4.44. The zero-order valence-electron chi connectivity index (χ0n) is 9.99. The summed E-state index contributed by atoms with van der Waals surface area (Å²) in [4.78, 5) is 11.8. The van der Waals surface area contributed by atoms with Crippen molar-refractivity contribution in [2.75, 3.05) is 18.5 Å². The van der Waals surface area contributed by atoms with Crippen molar-refractivity contribution in [3.05, 3.63) is 24.0 Å². The number of anilines is 1. The Bertz CT molecular complexity index is 410. The third-order valence-corrected chi connectivity index (χ3v) is 3.07. The standard InChI is InChI=1S/C13H16FNO3/c14-10-2-1-3-11(16)13(10)15-12(17)8-9-4-6-18-7-5-9/h1-3,9,16H,4-8H2,(H,15,17). The van der Waals surface area contributed by atoms with Crippen LogP contribution in [-0.4, -0.2) is 24.2 Å². The maximum atomic E-state index is 13.4. The molecule has 98 valence electrons. The number of aromatic hydroxyl groups is 1. The molecule has 0 bridgehead atoms. The minimum absolute atomic E-state index is 0.144. The molecule has 0 radical (unpaired) electrons. The van der Waals surface area contributed by atoms with Gasteiger partial charge in [-0.3, -0.25) is 4.79 Å². The maximum Gasteiger partial charge on any atom is 0.224 e. The van der Waals surface area contributed by atoms with E-state index in [0.717, 1.165) is 12.8 Å². The van der Waals surface area contributed by atoms with Crippen LogP contribution < -0.4 is 5.32 Å². The fraction of sp³-hybridized carbons (Fsp3) is 0.462. The first-order valence-electron chi connectivity index (χ1n) is 6.02. The zero-order valence-corrected chi connectivity index (χ0v) is 9.99. The molecule has 1 saturated heterocycles. The van der Waals surface area contributed by atoms with E-state index in [4.69, 9.17) is 4.74 Å². The van der Waals surface area contributed by atoms with E-state index in [9.17, 15) is 14.3 Å². The van der Waals surface area contributed by atoms with Crippen molar-refractivity contribution in [2.45, 2.75) is 19.3 Å². The van der Waals surface area contributed by atoms with Crippen molar-refractivity contribution >= 4 is 11.6 Å². The topological polar surface area (TPSA) is 58.6 Å². The molecule has 0 saturated carbocycles. The quantitative estimate of drug-likeness (QED) is 0.812. The normalized spacial score (nSPS) is 16.5. The third kappa shape index (κ3) is 3.20. The van der Waals surface area contributed by atoms with Gasteiger partial charge in [0, 0.05) is 19.6 Å². The summed E-state index contributed by atoms with van der Waals surface area (Å²) in [5, 5.41) is 11.9. The number of phenols is 1. The van der Waals surface area contributed by atoms with E-state index in [0.29, 0.717) is 19.6 Å². The molecule has 0 aromatic heterocycles. The van der Waals surface area contributed by atoms with Gasteiger partial charge < -0.3 is 15.2 Å². The highest BCUT2D eigenvalue weighted by Crippen LogP contribution is 2.27. The van der Waals surface area contributed by atoms with Gasteiger partial charge in [0.25, 0.3) is 0 Å². The van der Waals surface area contributed by atoms with Crippen LogP contribution in [0.25, 0.3) is 0 Å². The summed E-state index contributed by atoms with van der Waals surface area (Å²) >= 11 is 0. The average Bonchev–Trinajstić information content (AvgIpc) is 2.35. The summed E-state index contributed by atoms with van der Waals surface area (Å²) in [5.74, 6) is -0.888. The fourth-order valence-electron chi connectivity index (χ4n) is 2.04. The van der Waals surface area contributed by atoms with E-state index >= 15 is 0 Å². The van der Waals surface area contributed by atoms with Gasteiger partial charge in [0.2, 0.25) is 5.91 Å². The number of phenolic OH excluding ortho intramolecular Hbond substituents is 1. The van der Waals surface area contributed by atoms with Crippen LogP contribution in [0.2, 0.25) is 0 Å². The first-order valence-corrected chi connectivity index (χ1v) is 6.02. The lowest BCUT2D eigenvalue weighted by Gasteiger charge is -2.21. The predicted octanol–water partition coefficient (Wildman–Crippen LogP) is 2.29. The van der Waals surface area contributed by atoms with Gasteiger partial charge in [0.1, 0.15) is 11.4 Å². The molecule has 1 aromatic rings. The molecular formula is C13H16FNO3. The van der Waals surface area contributed by atoms with Crippen LogP contribution in [0.4, 0.5) is 10.1 Å². The monoisotopic (exact) mass is 253 g/mol. The van der Waals surface area contributed by atoms with Gasteiger partial charge in [-0.25, -0.2) is 4.39 Å². The SMILES string of the molecule is O=C(CC1CCOCC1)Nc1c(O)cccc1F. The summed E-state index contributed by atoms with van der Waals surface area (Å²) in [6, 6.07) is 3.93. The van der Waals surface area contributed by atoms with Gasteiger partial charge in [-0.15, -0.1) is 0 Å². The lowest BCUT2D eigenvalue weighted by atomic mass is 9.96. The Morgan fingerprint density at radius 1 is 1.44 bits per heavy atom. The number of halogens is 1. The molecule has 1 aliphatic heterocycles. The highest BCUT2D eigenvalue weighted by Gasteiger charge is 2.19. The second kappa shape index (κ2) is 5.82. The number of carbonyl (C=O) groups is 1. The number of carbonyl (C=O) groups excluding carboxylic acids is 1. The molecule has 1 aliphatic rings. The van der Waals surface area contributed by atoms with Crippen LogP contribution in [0, 0.1) is 11.7 Å². The number of amides is 1. The van der Waals surface area contributed by atoms with Crippen LogP contribution >= 0.6 is 0 Å². The van der Waals surface area contributed by atoms with Crippen molar-refractivity contribution in [3.8, 4) is 5.75 Å². The van der Waals surface area contributed by atoms with Gasteiger partial charge in [0.05, 0.1) is 0 Å². The van der Waals surface area contributed by atoms with Crippen molar-refractivity contribution in [1.29, 1.82) is 0 Å². The third-order valence-electron chi connectivity index (χ3n) is 3.07. The zero-order chi connectivity index (χ0) is 13.0. The van der Waals surface area contributed by atoms with Crippen molar-refractivity contribution in [3.63, 3.8) is 0 Å². The molecule has 5 heteroatoms. The Hall–Kier alpha value is -1.62. The number of rotatable bonds is 3. The Labute approximate surface area is 105 Å². The van der Waals surface area contributed by atoms with Crippen molar-refractivity contribution in [2.24, 2.45) is 5.92 Å². The highest BCUT2D eigenvalue weighted by atomic mass is 19.1. The van der Waals surface area contributed by atoms with E-state index in [2.05, 4.69) is 5.32 Å². The maximum absolute atomic E-state index is 13.4. The summed E-state index contributed by atoms with van der Waals surface area (Å²) in [6.45, 7) is 1.34. The molecule has 0 spiro atoms. The van der Waals surface area contributed by atoms with E-state index in [-0.39, 0.29) is 23.3 Å². The number of hydrogen-bond acceptors (Lipinski definition) is 3. The van der Waals surface area contributed by atoms with E-state index in [1.54, 1.807) is 0 Å². The lowest BCUT2D eigenvalue weighted by molar-refractivity contribution is -0.117. The molecule has 0 aliphatic carbocycles. The number of hydrogen-bond donors (Lipinski definition) is 2. The summed E-state index contributed by atoms with van der Waals surface area (Å²) in [5.41, 5.74) is -0.144. The fourth-order valence-corrected chi connectivity index (χ4v) is 2.04. The first kappa shape index (κ1) is 12.8. The minimum Gasteiger partial charge on any atom is -0.506 e. The smallest absolute Gasteiger partial charge is 0.224 e. The molecular weight excluding hydrogens is 237 g/mol. The summed E-state index contributed by atoms with van der Waals surface area (Å²) < 4.78 is 18.6. The molecule has 1 amide bonds. The van der Waals surface area contributed by atoms with Crippen LogP contribution in [0.5, 0.6) is 5.75 Å². The van der Waals surface area contributed by atoms with Crippen LogP contribution in [0.1, 0.15) is 19.3 Å². The minimum atomic E-state index is -0.629. The Kier molecular flexibility index (Phi) is 4.15. The molecule has 1 fully saturated rings. The van der Waals surface area contributed by atoms with Crippen LogP contribution in [0.15, 0.2) is 18.2 Å². The van der Waals surface area contributed by atoms with Crippen molar-refractivity contribution in [1.82, 2.24) is 0 Å². The van der Waals surface area contributed by atoms with Crippen LogP contribution in [0.3, 0.4) is 0 Å². The summed E-state index contributed by atoms with van der Waals surface area (Å²) in [6.07, 6.45) is 2.02. The van der Waals surface area contributed by atoms with Crippen molar-refractivity contribution < 1.29 is 19.0 Å². The second-order valence-corrected chi connectivity index (χ2v) is 4.44. The van der Waals surface area contributed by atoms with E-state index < -0.39 is 5.82 Å². The Morgan fingerprint density at radius 3 is 2.83 bits per heavy atom. The highest BCUT2D eigenvalue weighted by molar-refractivity contribution is 5.92. The number of nitrogens with one attached hydrogen (secondary N) is 1. The summed E-state index contributed by atoms with van der Waals surface area (Å²) in [7, 11) is 0. The molecule has 18 heavy (non-hydrogen) atoms. The van der Waals surface area contributed by atoms with E-state index in [1.165, 1.54) is 18.2 Å². The molecule has 4 nitrogen and oxygen atoms in total. The Morgan fingerprint density at radius 2 is 2.17 bits per heavy atom. The Balaban J connectivity index is 1.94. The van der Waals surface area contributed by atoms with E-state index in [1.807, 2.05) is 0 Å². The van der Waals surface area contributed by atoms with Gasteiger partial charge in [0.15, 0.2) is 5.82 Å². The molecule has 1 heterocycles. The van der Waals surface area contributed by atoms with Crippen LogP contribution in [-0.2, 0) is 9.53 Å². The first-order chi connectivity index (χ1) is 8.66. The predicted molar refractivity (Wildman–Crippen MR) is 64.9 cm³/mol. The average molecular weight is 253 g/mol. The van der Waals surface area contributed by atoms with Gasteiger partial charge in [-0.05, 0) is 30.9 Å². The largest absolute Gasteiger partial charge is 0.506 e. The molecule has 0 atom stereocenters. The van der Waals surface area contributed by atoms with Gasteiger partial charge >= 0.3 is 0 Å². The van der Waals surface area contributed by atoms with Gasteiger partial charge in [-0.2, -0.15) is 0 Å². The number of benzene rings is 1. The lowest BCUT2D eigenvalue weighted by Crippen LogP contribution is -2.22. The van der Waals surface area contributed by atoms with Gasteiger partial charge in [-0.1, -0.05) is 6.07 Å². The molecule has 1 aromatic carbocycles. The number of para-hydroxylation sites is 1. The molecule has 2 rings (SSSR count). The molecule has 2 N–H and O–H groups in total.